The highest BCUT2D eigenvalue weighted by Gasteiger charge is 2.54. The van der Waals surface area contributed by atoms with Gasteiger partial charge in [0.1, 0.15) is 12.1 Å². The summed E-state index contributed by atoms with van der Waals surface area (Å²) in [7, 11) is 0. The Kier molecular flexibility index (Phi) is 19.6. The third-order valence-electron chi connectivity index (χ3n) is 30.7. The zero-order valence-electron chi connectivity index (χ0n) is 80.2. The Morgan fingerprint density at radius 1 is 0.168 bits per heavy atom. The maximum atomic E-state index is 11.3. The molecule has 26 aromatic rings. The first-order chi connectivity index (χ1) is 73.8. The van der Waals surface area contributed by atoms with Crippen molar-refractivity contribution >= 4 is 99.5 Å². The van der Waals surface area contributed by atoms with E-state index in [1.165, 1.54) is 93.4 Å². The van der Waals surface area contributed by atoms with Crippen LogP contribution in [0.25, 0.3) is 184 Å². The van der Waals surface area contributed by atoms with Crippen molar-refractivity contribution in [1.29, 1.82) is 10.5 Å². The van der Waals surface area contributed by atoms with E-state index in [0.717, 1.165) is 134 Å². The zero-order chi connectivity index (χ0) is 98.5. The van der Waals surface area contributed by atoms with Gasteiger partial charge in [0.2, 0.25) is 0 Å². The number of rotatable bonds is 12. The Labute approximate surface area is 858 Å². The molecule has 149 heavy (non-hydrogen) atoms. The molecule has 0 unspecified atom stereocenters. The van der Waals surface area contributed by atoms with Crippen molar-refractivity contribution in [3.8, 4) is 131 Å². The molecular formula is C136H83N13. The van der Waals surface area contributed by atoms with Gasteiger partial charge in [0.05, 0.1) is 89.2 Å². The molecule has 2 aliphatic heterocycles. The number of para-hydroxylation sites is 10. The van der Waals surface area contributed by atoms with Crippen molar-refractivity contribution in [2.45, 2.75) is 10.8 Å². The standard InChI is InChI=1S/C71H43N7.C65H40N6/c72-44-48-41-47(70-74-68(45-19-3-1-4-20-45)73-69(75-70)46-21-5-2-6-22-46)35-40-61(48)78-66-33-17-11-27-59(66)71(60-28-12-18-34-67(60)78)57-38-36-49(76-62-29-13-7-23-51(62)52-24-8-14-30-63(52)76)42-55(57)56-43-50(37-39-58(56)71)77-64-31-15-9-25-53(64)54-26-10-16-32-65(54)77;66-41-47-38-46(64-68-62(42-18-4-1-5-19-42)67-63(69-64)43-20-6-2-7-21-43)34-36-57(47)71-60-30-16-13-27-55(60)65(56-28-14-17-31-61(56)71)53-26-12-10-24-49(53)51-39-44(32-35-54(51)65)45-33-37-59-52(40-45)50-25-11-15-29-58(50)70(59)48-22-8-3-9-23-48/h1-43H;1-40H. The van der Waals surface area contributed by atoms with Crippen LogP contribution in [0.5, 0.6) is 0 Å². The molecule has 2 aliphatic carbocycles. The van der Waals surface area contributed by atoms with Crippen LogP contribution in [0.3, 0.4) is 0 Å². The van der Waals surface area contributed by atoms with Crippen molar-refractivity contribution < 1.29 is 0 Å². The lowest BCUT2D eigenvalue weighted by Crippen LogP contribution is -2.36. The molecule has 21 aromatic carbocycles. The number of hydrogen-bond donors (Lipinski definition) is 0. The second-order valence-corrected chi connectivity index (χ2v) is 38.4. The number of fused-ring (bicyclic) bond motifs is 27. The third kappa shape index (κ3) is 13.1. The highest BCUT2D eigenvalue weighted by atomic mass is 15.2. The SMILES string of the molecule is N#Cc1cc(-c2nc(-c3ccccc3)nc(-c3ccccc3)n2)ccc1N1c2ccccc2C2(c3ccc(-n4c5ccccc5c5ccccc54)cc3-c3cc(-n4c5ccccc5c5ccccc54)ccc32)c2ccccc21.N#Cc1cc(-c2nc(-c3ccccc3)nc(-c3ccccc3)n2)ccc1N1c2ccccc2C2(c3ccccc3-c3cc(-c4ccc5c(c4)c4ccccc4n5-c4ccccc4)ccc32)c2ccccc21. The van der Waals surface area contributed by atoms with Crippen LogP contribution in [0.2, 0.25) is 0 Å². The quantitative estimate of drug-likeness (QED) is 0.116. The van der Waals surface area contributed by atoms with Crippen molar-refractivity contribution in [3.05, 3.63) is 559 Å². The number of anilines is 6. The summed E-state index contributed by atoms with van der Waals surface area (Å²) in [6.07, 6.45) is 0. The minimum atomic E-state index is -0.744. The van der Waals surface area contributed by atoms with Crippen molar-refractivity contribution in [2.75, 3.05) is 9.80 Å². The smallest absolute Gasteiger partial charge is 0.164 e. The monoisotopic (exact) mass is 1900 g/mol. The molecule has 30 rings (SSSR count). The third-order valence-corrected chi connectivity index (χ3v) is 30.7. The molecule has 0 fully saturated rings. The fourth-order valence-corrected chi connectivity index (χ4v) is 24.4. The van der Waals surface area contributed by atoms with E-state index in [1.807, 2.05) is 152 Å². The van der Waals surface area contributed by atoms with E-state index in [4.69, 9.17) is 29.9 Å². The Hall–Kier alpha value is -20.4. The molecule has 13 nitrogen and oxygen atoms in total. The van der Waals surface area contributed by atoms with Gasteiger partial charge in [-0.25, -0.2) is 29.9 Å². The van der Waals surface area contributed by atoms with E-state index < -0.39 is 10.8 Å². The number of aromatic nitrogens is 9. The lowest BCUT2D eigenvalue weighted by Gasteiger charge is -2.45. The predicted molar refractivity (Wildman–Crippen MR) is 601 cm³/mol. The topological polar surface area (TPSA) is 146 Å². The average Bonchev–Trinajstić information content (AvgIpc) is 1.50. The van der Waals surface area contributed by atoms with Crippen molar-refractivity contribution in [2.24, 2.45) is 0 Å². The highest BCUT2D eigenvalue weighted by Crippen LogP contribution is 2.67. The maximum Gasteiger partial charge on any atom is 0.164 e. The molecule has 0 atom stereocenters. The Morgan fingerprint density at radius 3 is 0.799 bits per heavy atom. The van der Waals surface area contributed by atoms with Crippen molar-refractivity contribution in [1.82, 2.24) is 43.6 Å². The summed E-state index contributed by atoms with van der Waals surface area (Å²) < 4.78 is 7.21. The van der Waals surface area contributed by atoms with E-state index in [-0.39, 0.29) is 0 Å². The number of nitriles is 2. The highest BCUT2D eigenvalue weighted by molar-refractivity contribution is 6.13. The van der Waals surface area contributed by atoms with Crippen LogP contribution < -0.4 is 9.80 Å². The molecule has 2 spiro atoms. The molecule has 0 saturated heterocycles. The zero-order valence-corrected chi connectivity index (χ0v) is 80.2. The molecule has 0 saturated carbocycles. The molecule has 7 heterocycles. The minimum Gasteiger partial charge on any atom is -0.309 e. The van der Waals surface area contributed by atoms with Gasteiger partial charge in [-0.3, -0.25) is 0 Å². The van der Waals surface area contributed by atoms with Gasteiger partial charge in [0.15, 0.2) is 34.9 Å². The van der Waals surface area contributed by atoms with Crippen LogP contribution >= 0.6 is 0 Å². The Balaban J connectivity index is 0.000000141. The molecule has 5 aromatic heterocycles. The summed E-state index contributed by atoms with van der Waals surface area (Å²) in [4.78, 5) is 34.5. The molecule has 4 aliphatic rings. The van der Waals surface area contributed by atoms with E-state index in [1.54, 1.807) is 0 Å². The summed E-state index contributed by atoms with van der Waals surface area (Å²) in [5.74, 6) is 3.25. The largest absolute Gasteiger partial charge is 0.309 e. The summed E-state index contributed by atoms with van der Waals surface area (Å²) >= 11 is 0. The first-order valence-electron chi connectivity index (χ1n) is 50.2. The van der Waals surface area contributed by atoms with Gasteiger partial charge in [-0.2, -0.15) is 10.5 Å². The van der Waals surface area contributed by atoms with Crippen LogP contribution in [-0.4, -0.2) is 43.6 Å². The van der Waals surface area contributed by atoms with Gasteiger partial charge < -0.3 is 23.5 Å². The minimum absolute atomic E-state index is 0.490. The fourth-order valence-electron chi connectivity index (χ4n) is 24.4. The maximum absolute atomic E-state index is 11.3. The molecule has 13 heteroatoms. The average molecular weight is 1900 g/mol. The van der Waals surface area contributed by atoms with Crippen molar-refractivity contribution in [3.63, 3.8) is 0 Å². The van der Waals surface area contributed by atoms with E-state index in [0.29, 0.717) is 46.1 Å². The van der Waals surface area contributed by atoms with Gasteiger partial charge in [-0.15, -0.1) is 0 Å². The van der Waals surface area contributed by atoms with Gasteiger partial charge >= 0.3 is 0 Å². The first kappa shape index (κ1) is 85.4. The summed E-state index contributed by atoms with van der Waals surface area (Å²) in [5, 5.41) is 29.7. The van der Waals surface area contributed by atoms with E-state index >= 15 is 0 Å². The summed E-state index contributed by atoms with van der Waals surface area (Å²) in [6.45, 7) is 0. The molecule has 692 valence electrons. The van der Waals surface area contributed by atoms with Crippen LogP contribution in [0, 0.1) is 22.7 Å². The number of nitrogens with zero attached hydrogens (tertiary/aromatic N) is 13. The Morgan fingerprint density at radius 2 is 0.430 bits per heavy atom. The summed E-state index contributed by atoms with van der Waals surface area (Å²) in [6, 6.07) is 183. The first-order valence-corrected chi connectivity index (χ1v) is 50.2. The number of benzene rings is 21. The predicted octanol–water partition coefficient (Wildman–Crippen LogP) is 32.7. The fraction of sp³-hybridized carbons (Fsp3) is 0.0147. The van der Waals surface area contributed by atoms with E-state index in [9.17, 15) is 10.5 Å². The second kappa shape index (κ2) is 34.2. The van der Waals surface area contributed by atoms with Gasteiger partial charge in [0.25, 0.3) is 0 Å². The molecule has 0 N–H and O–H groups in total. The molecule has 0 radical (unpaired) electrons. The Bertz CT molecular complexity index is 9630. The van der Waals surface area contributed by atoms with Gasteiger partial charge in [0, 0.05) is 82.8 Å². The molecular weight excluding hydrogens is 1820 g/mol. The lowest BCUT2D eigenvalue weighted by atomic mass is 9.64. The molecule has 0 bridgehead atoms. The van der Waals surface area contributed by atoms with Crippen LogP contribution in [0.15, 0.2) is 504 Å². The van der Waals surface area contributed by atoms with E-state index in [2.05, 4.69) is 387 Å². The van der Waals surface area contributed by atoms with Gasteiger partial charge in [-0.05, 0) is 223 Å². The van der Waals surface area contributed by atoms with Crippen LogP contribution in [0.1, 0.15) is 55.6 Å². The normalized spacial score (nSPS) is 12.9. The number of hydrogen-bond acceptors (Lipinski definition) is 10. The summed E-state index contributed by atoms with van der Waals surface area (Å²) in [5.41, 5.74) is 37.1. The molecule has 0 amide bonds. The van der Waals surface area contributed by atoms with Crippen LogP contribution in [0.4, 0.5) is 34.1 Å². The second-order valence-electron chi connectivity index (χ2n) is 38.4. The lowest BCUT2D eigenvalue weighted by molar-refractivity contribution is 0.752. The van der Waals surface area contributed by atoms with Crippen LogP contribution in [-0.2, 0) is 10.8 Å². The van der Waals surface area contributed by atoms with Gasteiger partial charge in [-0.1, -0.05) is 358 Å².